The molecule has 3 rings (SSSR count). The molecule has 1 N–H and O–H groups in total. The van der Waals surface area contributed by atoms with Crippen LogP contribution in [-0.4, -0.2) is 42.5 Å². The highest BCUT2D eigenvalue weighted by Gasteiger charge is 2.25. The van der Waals surface area contributed by atoms with E-state index in [1.165, 1.54) is 37.5 Å². The van der Waals surface area contributed by atoms with E-state index >= 15 is 0 Å². The van der Waals surface area contributed by atoms with E-state index < -0.39 is 17.0 Å². The minimum absolute atomic E-state index is 0.0690. The van der Waals surface area contributed by atoms with E-state index in [1.807, 2.05) is 4.90 Å². The number of amides is 1. The van der Waals surface area contributed by atoms with Crippen LogP contribution in [0.15, 0.2) is 29.8 Å². The summed E-state index contributed by atoms with van der Waals surface area (Å²) in [7, 11) is 0. The van der Waals surface area contributed by atoms with Crippen molar-refractivity contribution in [1.82, 2.24) is 5.32 Å². The Morgan fingerprint density at radius 1 is 1.19 bits per heavy atom. The maximum atomic E-state index is 12.5. The summed E-state index contributed by atoms with van der Waals surface area (Å²) < 4.78 is 5.26. The molecule has 8 heteroatoms. The molecule has 1 aliphatic carbocycles. The molecular formula is C23H31N3O5. The molecule has 2 aliphatic rings. The van der Waals surface area contributed by atoms with Gasteiger partial charge in [-0.3, -0.25) is 14.9 Å². The normalized spacial score (nSPS) is 17.5. The molecule has 1 fully saturated rings. The van der Waals surface area contributed by atoms with Crippen molar-refractivity contribution in [2.75, 3.05) is 24.5 Å². The van der Waals surface area contributed by atoms with Crippen LogP contribution in [0.4, 0.5) is 11.4 Å². The zero-order valence-corrected chi connectivity index (χ0v) is 18.1. The second-order valence-corrected chi connectivity index (χ2v) is 8.21. The van der Waals surface area contributed by atoms with Crippen LogP contribution in [-0.2, 0) is 9.53 Å². The first-order valence-electron chi connectivity index (χ1n) is 11.2. The number of carbonyl (C=O) groups excluding carboxylic acids is 2. The molecule has 0 aromatic heterocycles. The number of anilines is 1. The number of ether oxygens (including phenoxy) is 1. The van der Waals surface area contributed by atoms with E-state index in [4.69, 9.17) is 4.74 Å². The van der Waals surface area contributed by atoms with Crippen molar-refractivity contribution in [2.24, 2.45) is 0 Å². The van der Waals surface area contributed by atoms with E-state index in [2.05, 4.69) is 11.4 Å². The molecule has 1 aliphatic heterocycles. The first-order chi connectivity index (χ1) is 15.0. The van der Waals surface area contributed by atoms with Crippen LogP contribution < -0.4 is 10.2 Å². The van der Waals surface area contributed by atoms with Gasteiger partial charge in [0, 0.05) is 25.7 Å². The lowest BCUT2D eigenvalue weighted by atomic mass is 9.97. The maximum absolute atomic E-state index is 12.5. The lowest BCUT2D eigenvalue weighted by molar-refractivity contribution is -0.384. The number of allylic oxidation sites excluding steroid dienone is 1. The number of nitrogens with one attached hydrogen (secondary N) is 1. The van der Waals surface area contributed by atoms with Crippen molar-refractivity contribution in [2.45, 2.75) is 64.4 Å². The molecular weight excluding hydrogens is 398 g/mol. The average Bonchev–Trinajstić information content (AvgIpc) is 2.79. The van der Waals surface area contributed by atoms with Crippen molar-refractivity contribution >= 4 is 23.3 Å². The van der Waals surface area contributed by atoms with Gasteiger partial charge in [0.1, 0.15) is 5.69 Å². The average molecular weight is 430 g/mol. The van der Waals surface area contributed by atoms with Gasteiger partial charge in [-0.25, -0.2) is 4.79 Å². The monoisotopic (exact) mass is 429 g/mol. The number of hydrogen-bond donors (Lipinski definition) is 1. The number of nitrogens with zero attached hydrogens (tertiary/aromatic N) is 2. The first kappa shape index (κ1) is 22.8. The van der Waals surface area contributed by atoms with Gasteiger partial charge in [-0.2, -0.15) is 0 Å². The lowest BCUT2D eigenvalue weighted by Crippen LogP contribution is -2.36. The second kappa shape index (κ2) is 10.9. The van der Waals surface area contributed by atoms with Gasteiger partial charge in [0.2, 0.25) is 0 Å². The summed E-state index contributed by atoms with van der Waals surface area (Å²) in [6.45, 7) is 3.53. The first-order valence-corrected chi connectivity index (χ1v) is 11.2. The third-order valence-corrected chi connectivity index (χ3v) is 5.89. The minimum Gasteiger partial charge on any atom is -0.449 e. The summed E-state index contributed by atoms with van der Waals surface area (Å²) in [4.78, 5) is 37.8. The summed E-state index contributed by atoms with van der Waals surface area (Å²) in [5.41, 5.74) is 1.83. The molecule has 168 valence electrons. The Morgan fingerprint density at radius 3 is 2.65 bits per heavy atom. The molecule has 8 nitrogen and oxygen atoms in total. The standard InChI is InChI=1S/C23H31N3O5/c1-17(22(27)24-13-12-18-8-4-2-5-9-18)31-23(28)19-10-11-20(21(16-19)26(29)30)25-14-6-3-7-15-25/h8,10-11,16-17H,2-7,9,12-15H2,1H3,(H,24,27)/t17-/m0/s1. The van der Waals surface area contributed by atoms with Crippen molar-refractivity contribution in [3.8, 4) is 0 Å². The summed E-state index contributed by atoms with van der Waals surface area (Å²) in [6, 6.07) is 4.37. The van der Waals surface area contributed by atoms with Crippen LogP contribution in [0.1, 0.15) is 68.6 Å². The summed E-state index contributed by atoms with van der Waals surface area (Å²) in [5.74, 6) is -1.12. The molecule has 1 aromatic carbocycles. The predicted molar refractivity (Wildman–Crippen MR) is 118 cm³/mol. The number of carbonyl (C=O) groups is 2. The SMILES string of the molecule is C[C@H](OC(=O)c1ccc(N2CCCCC2)c([N+](=O)[O-])c1)C(=O)NCCC1=CCCCC1. The molecule has 0 bridgehead atoms. The largest absolute Gasteiger partial charge is 0.449 e. The Kier molecular flexibility index (Phi) is 8.03. The molecule has 1 heterocycles. The van der Waals surface area contributed by atoms with Crippen LogP contribution in [0.5, 0.6) is 0 Å². The number of rotatable bonds is 8. The molecule has 31 heavy (non-hydrogen) atoms. The van der Waals surface area contributed by atoms with Gasteiger partial charge >= 0.3 is 5.97 Å². The lowest BCUT2D eigenvalue weighted by Gasteiger charge is -2.28. The molecule has 0 spiro atoms. The van der Waals surface area contributed by atoms with Crippen LogP contribution in [0.2, 0.25) is 0 Å². The van der Waals surface area contributed by atoms with E-state index in [0.29, 0.717) is 12.2 Å². The molecule has 1 aromatic rings. The fourth-order valence-corrected chi connectivity index (χ4v) is 4.10. The molecule has 1 saturated heterocycles. The molecule has 0 radical (unpaired) electrons. The van der Waals surface area contributed by atoms with Crippen molar-refractivity contribution in [3.05, 3.63) is 45.5 Å². The zero-order valence-electron chi connectivity index (χ0n) is 18.1. The Bertz CT molecular complexity index is 846. The van der Waals surface area contributed by atoms with E-state index in [9.17, 15) is 19.7 Å². The Hall–Kier alpha value is -2.90. The van der Waals surface area contributed by atoms with Gasteiger partial charge < -0.3 is 15.0 Å². The number of nitro groups is 1. The summed E-state index contributed by atoms with van der Waals surface area (Å²) in [5, 5.41) is 14.4. The van der Waals surface area contributed by atoms with Gasteiger partial charge in [-0.1, -0.05) is 11.6 Å². The summed E-state index contributed by atoms with van der Waals surface area (Å²) in [6.07, 6.45) is 9.75. The number of nitro benzene ring substituents is 1. The van der Waals surface area contributed by atoms with Gasteiger partial charge in [-0.05, 0) is 70.4 Å². The molecule has 0 saturated carbocycles. The minimum atomic E-state index is -0.978. The van der Waals surface area contributed by atoms with E-state index in [0.717, 1.165) is 51.6 Å². The fraction of sp³-hybridized carbons (Fsp3) is 0.565. The second-order valence-electron chi connectivity index (χ2n) is 8.21. The van der Waals surface area contributed by atoms with Crippen LogP contribution >= 0.6 is 0 Å². The van der Waals surface area contributed by atoms with Gasteiger partial charge in [-0.15, -0.1) is 0 Å². The van der Waals surface area contributed by atoms with Gasteiger partial charge in [0.15, 0.2) is 6.10 Å². The van der Waals surface area contributed by atoms with Gasteiger partial charge in [0.25, 0.3) is 11.6 Å². The molecule has 1 atom stereocenters. The third-order valence-electron chi connectivity index (χ3n) is 5.89. The topological polar surface area (TPSA) is 102 Å². The van der Waals surface area contributed by atoms with Crippen molar-refractivity contribution < 1.29 is 19.2 Å². The van der Waals surface area contributed by atoms with Crippen LogP contribution in [0, 0.1) is 10.1 Å². The summed E-state index contributed by atoms with van der Waals surface area (Å²) >= 11 is 0. The Labute approximate surface area is 182 Å². The highest BCUT2D eigenvalue weighted by Crippen LogP contribution is 2.31. The Morgan fingerprint density at radius 2 is 1.97 bits per heavy atom. The van der Waals surface area contributed by atoms with Gasteiger partial charge in [0.05, 0.1) is 10.5 Å². The molecule has 1 amide bonds. The highest BCUT2D eigenvalue weighted by atomic mass is 16.6. The smallest absolute Gasteiger partial charge is 0.339 e. The van der Waals surface area contributed by atoms with Crippen molar-refractivity contribution in [3.63, 3.8) is 0 Å². The van der Waals surface area contributed by atoms with Crippen molar-refractivity contribution in [1.29, 1.82) is 0 Å². The van der Waals surface area contributed by atoms with E-state index in [-0.39, 0.29) is 17.2 Å². The quantitative estimate of drug-likeness (QED) is 0.288. The zero-order chi connectivity index (χ0) is 22.2. The van der Waals surface area contributed by atoms with Crippen LogP contribution in [0.25, 0.3) is 0 Å². The Balaban J connectivity index is 1.57. The predicted octanol–water partition coefficient (Wildman–Crippen LogP) is 4.14. The number of hydrogen-bond acceptors (Lipinski definition) is 6. The fourth-order valence-electron chi connectivity index (χ4n) is 4.10. The highest BCUT2D eigenvalue weighted by molar-refractivity contribution is 5.93. The maximum Gasteiger partial charge on any atom is 0.339 e. The number of piperidine rings is 1. The third kappa shape index (κ3) is 6.29. The van der Waals surface area contributed by atoms with E-state index in [1.54, 1.807) is 6.07 Å². The van der Waals surface area contributed by atoms with Crippen LogP contribution in [0.3, 0.4) is 0 Å². The molecule has 0 unspecified atom stereocenters. The number of esters is 1. The number of benzene rings is 1.